The van der Waals surface area contributed by atoms with Gasteiger partial charge >= 0.3 is 0 Å². The first-order chi connectivity index (χ1) is 11.0. The van der Waals surface area contributed by atoms with Crippen LogP contribution in [0.3, 0.4) is 0 Å². The second-order valence-electron chi connectivity index (χ2n) is 5.94. The molecular weight excluding hydrogens is 310 g/mol. The van der Waals surface area contributed by atoms with Gasteiger partial charge in [-0.2, -0.15) is 0 Å². The van der Waals surface area contributed by atoms with E-state index in [0.717, 1.165) is 30.0 Å². The number of nitrogens with two attached hydrogens (primary N) is 1. The second kappa shape index (κ2) is 6.64. The molecule has 2 aromatic heterocycles. The van der Waals surface area contributed by atoms with Gasteiger partial charge in [-0.1, -0.05) is 0 Å². The molecular formula is C16H21N5OS. The monoisotopic (exact) mass is 331 g/mol. The van der Waals surface area contributed by atoms with Gasteiger partial charge in [0, 0.05) is 25.3 Å². The standard InChI is InChI=1S/C16H21N5OS/c1-11-5-8-23-15(11)16(22)21-7-4-12(9-21)20(2)10-14-18-6-3-13(17)19-14/h3,5-6,8,12H,4,7,9-10H2,1-2H3,(H2,17,18,19)/t12-/m1/s1. The molecule has 0 bridgehead atoms. The van der Waals surface area contributed by atoms with Crippen molar-refractivity contribution < 1.29 is 4.79 Å². The highest BCUT2D eigenvalue weighted by atomic mass is 32.1. The van der Waals surface area contributed by atoms with Crippen LogP contribution >= 0.6 is 11.3 Å². The molecule has 122 valence electrons. The van der Waals surface area contributed by atoms with Gasteiger partial charge < -0.3 is 10.6 Å². The molecule has 1 amide bonds. The van der Waals surface area contributed by atoms with Crippen molar-refractivity contribution in [1.82, 2.24) is 19.8 Å². The van der Waals surface area contributed by atoms with Crippen molar-refractivity contribution in [1.29, 1.82) is 0 Å². The number of hydrogen-bond acceptors (Lipinski definition) is 6. The molecule has 1 aliphatic heterocycles. The first-order valence-electron chi connectivity index (χ1n) is 7.65. The van der Waals surface area contributed by atoms with Crippen LogP contribution in [0.5, 0.6) is 0 Å². The van der Waals surface area contributed by atoms with E-state index in [1.165, 1.54) is 11.3 Å². The summed E-state index contributed by atoms with van der Waals surface area (Å²) >= 11 is 1.52. The van der Waals surface area contributed by atoms with Crippen molar-refractivity contribution >= 4 is 23.1 Å². The lowest BCUT2D eigenvalue weighted by atomic mass is 10.2. The van der Waals surface area contributed by atoms with Gasteiger partial charge in [0.05, 0.1) is 11.4 Å². The van der Waals surface area contributed by atoms with Crippen LogP contribution < -0.4 is 5.73 Å². The number of nitrogens with zero attached hydrogens (tertiary/aromatic N) is 4. The molecule has 0 saturated carbocycles. The summed E-state index contributed by atoms with van der Waals surface area (Å²) in [5, 5.41) is 1.97. The predicted octanol–water partition coefficient (Wildman–Crippen LogP) is 1.78. The molecule has 6 nitrogen and oxygen atoms in total. The van der Waals surface area contributed by atoms with Gasteiger partial charge in [-0.05, 0) is 43.5 Å². The average Bonchev–Trinajstić information content (AvgIpc) is 3.15. The third-order valence-corrected chi connectivity index (χ3v) is 5.25. The lowest BCUT2D eigenvalue weighted by molar-refractivity contribution is 0.0783. The van der Waals surface area contributed by atoms with Gasteiger partial charge in [-0.3, -0.25) is 9.69 Å². The summed E-state index contributed by atoms with van der Waals surface area (Å²) in [7, 11) is 2.04. The van der Waals surface area contributed by atoms with Crippen LogP contribution in [0.25, 0.3) is 0 Å². The maximum Gasteiger partial charge on any atom is 0.264 e. The van der Waals surface area contributed by atoms with Gasteiger partial charge in [-0.25, -0.2) is 9.97 Å². The smallest absolute Gasteiger partial charge is 0.264 e. The van der Waals surface area contributed by atoms with Crippen molar-refractivity contribution in [3.05, 3.63) is 40.0 Å². The van der Waals surface area contributed by atoms with Crippen molar-refractivity contribution in [3.8, 4) is 0 Å². The molecule has 1 aliphatic rings. The minimum atomic E-state index is 0.147. The molecule has 1 fully saturated rings. The molecule has 0 spiro atoms. The summed E-state index contributed by atoms with van der Waals surface area (Å²) in [5.41, 5.74) is 6.76. The number of carbonyl (C=O) groups excluding carboxylic acids is 1. The minimum absolute atomic E-state index is 0.147. The summed E-state index contributed by atoms with van der Waals surface area (Å²) in [5.74, 6) is 1.35. The maximum atomic E-state index is 12.6. The minimum Gasteiger partial charge on any atom is -0.384 e. The van der Waals surface area contributed by atoms with E-state index in [1.54, 1.807) is 12.3 Å². The van der Waals surface area contributed by atoms with Crippen molar-refractivity contribution in [2.24, 2.45) is 0 Å². The normalized spacial score (nSPS) is 17.9. The first kappa shape index (κ1) is 15.9. The number of carbonyl (C=O) groups is 1. The second-order valence-corrected chi connectivity index (χ2v) is 6.86. The Morgan fingerprint density at radius 2 is 2.35 bits per heavy atom. The molecule has 3 heterocycles. The van der Waals surface area contributed by atoms with E-state index in [-0.39, 0.29) is 5.91 Å². The number of amides is 1. The topological polar surface area (TPSA) is 75.4 Å². The van der Waals surface area contributed by atoms with Crippen LogP contribution in [0.15, 0.2) is 23.7 Å². The van der Waals surface area contributed by atoms with Gasteiger partial charge in [0.1, 0.15) is 11.6 Å². The van der Waals surface area contributed by atoms with Crippen LogP contribution in [-0.2, 0) is 6.54 Å². The van der Waals surface area contributed by atoms with Gasteiger partial charge in [0.25, 0.3) is 5.91 Å². The number of aryl methyl sites for hydroxylation is 1. The zero-order valence-electron chi connectivity index (χ0n) is 13.4. The van der Waals surface area contributed by atoms with E-state index in [0.29, 0.717) is 24.2 Å². The van der Waals surface area contributed by atoms with Crippen LogP contribution in [0.1, 0.15) is 27.5 Å². The molecule has 2 N–H and O–H groups in total. The van der Waals surface area contributed by atoms with Crippen molar-refractivity contribution in [2.75, 3.05) is 25.9 Å². The predicted molar refractivity (Wildman–Crippen MR) is 91.3 cm³/mol. The molecule has 7 heteroatoms. The van der Waals surface area contributed by atoms with Gasteiger partial charge in [0.2, 0.25) is 0 Å². The Morgan fingerprint density at radius 3 is 3.04 bits per heavy atom. The molecule has 0 radical (unpaired) electrons. The van der Waals surface area contributed by atoms with Crippen LogP contribution in [-0.4, -0.2) is 51.9 Å². The molecule has 2 aromatic rings. The fraction of sp³-hybridized carbons (Fsp3) is 0.438. The lowest BCUT2D eigenvalue weighted by Gasteiger charge is -2.24. The third kappa shape index (κ3) is 3.51. The molecule has 23 heavy (non-hydrogen) atoms. The number of thiophene rings is 1. The van der Waals surface area contributed by atoms with E-state index >= 15 is 0 Å². The number of likely N-dealkylation sites (tertiary alicyclic amines) is 1. The lowest BCUT2D eigenvalue weighted by Crippen LogP contribution is -2.36. The van der Waals surface area contributed by atoms with Crippen LogP contribution in [0.2, 0.25) is 0 Å². The quantitative estimate of drug-likeness (QED) is 0.924. The Balaban J connectivity index is 1.61. The summed E-state index contributed by atoms with van der Waals surface area (Å²) < 4.78 is 0. The van der Waals surface area contributed by atoms with E-state index in [4.69, 9.17) is 5.73 Å². The Morgan fingerprint density at radius 1 is 1.52 bits per heavy atom. The summed E-state index contributed by atoms with van der Waals surface area (Å²) in [6, 6.07) is 4.00. The molecule has 0 unspecified atom stereocenters. The molecule has 0 aliphatic carbocycles. The van der Waals surface area contributed by atoms with E-state index in [1.807, 2.05) is 30.3 Å². The van der Waals surface area contributed by atoms with E-state index in [9.17, 15) is 4.79 Å². The zero-order chi connectivity index (χ0) is 16.4. The molecule has 1 saturated heterocycles. The Bertz CT molecular complexity index is 701. The SMILES string of the molecule is Cc1ccsc1C(=O)N1CC[C@@H](N(C)Cc2nccc(N)n2)C1. The van der Waals surface area contributed by atoms with Crippen molar-refractivity contribution in [2.45, 2.75) is 25.9 Å². The number of nitrogen functional groups attached to an aromatic ring is 1. The van der Waals surface area contributed by atoms with E-state index < -0.39 is 0 Å². The fourth-order valence-corrected chi connectivity index (χ4v) is 3.76. The number of anilines is 1. The number of hydrogen-bond donors (Lipinski definition) is 1. The third-order valence-electron chi connectivity index (χ3n) is 4.25. The molecule has 3 rings (SSSR count). The fourth-order valence-electron chi connectivity index (χ4n) is 2.86. The van der Waals surface area contributed by atoms with Crippen molar-refractivity contribution in [3.63, 3.8) is 0 Å². The highest BCUT2D eigenvalue weighted by Crippen LogP contribution is 2.22. The zero-order valence-corrected chi connectivity index (χ0v) is 14.2. The average molecular weight is 331 g/mol. The maximum absolute atomic E-state index is 12.6. The summed E-state index contributed by atoms with van der Waals surface area (Å²) in [4.78, 5) is 26.1. The van der Waals surface area contributed by atoms with E-state index in [2.05, 4.69) is 14.9 Å². The van der Waals surface area contributed by atoms with Gasteiger partial charge in [-0.15, -0.1) is 11.3 Å². The number of rotatable bonds is 4. The first-order valence-corrected chi connectivity index (χ1v) is 8.53. The highest BCUT2D eigenvalue weighted by Gasteiger charge is 2.30. The highest BCUT2D eigenvalue weighted by molar-refractivity contribution is 7.12. The largest absolute Gasteiger partial charge is 0.384 e. The number of aromatic nitrogens is 2. The Labute approximate surface area is 140 Å². The summed E-state index contributed by atoms with van der Waals surface area (Å²) in [6.07, 6.45) is 2.64. The van der Waals surface area contributed by atoms with Crippen LogP contribution in [0.4, 0.5) is 5.82 Å². The molecule has 0 aromatic carbocycles. The summed E-state index contributed by atoms with van der Waals surface area (Å²) in [6.45, 7) is 4.16. The Kier molecular flexibility index (Phi) is 4.58. The van der Waals surface area contributed by atoms with Gasteiger partial charge in [0.15, 0.2) is 0 Å². The van der Waals surface area contributed by atoms with Crippen LogP contribution in [0, 0.1) is 6.92 Å². The number of likely N-dealkylation sites (N-methyl/N-ethyl adjacent to an activating group) is 1. The Hall–Kier alpha value is -1.99. The molecule has 1 atom stereocenters.